The van der Waals surface area contributed by atoms with E-state index in [1.165, 1.54) is 12.1 Å². The van der Waals surface area contributed by atoms with Gasteiger partial charge in [-0.1, -0.05) is 0 Å². The highest BCUT2D eigenvalue weighted by Crippen LogP contribution is 2.23. The fourth-order valence-corrected chi connectivity index (χ4v) is 2.20. The van der Waals surface area contributed by atoms with Crippen molar-refractivity contribution in [2.75, 3.05) is 18.0 Å². The Kier molecular flexibility index (Phi) is 7.60. The number of rotatable bonds is 2. The smallest absolute Gasteiger partial charge is 0.312 e. The monoisotopic (exact) mass is 327 g/mol. The van der Waals surface area contributed by atoms with Crippen LogP contribution in [0.5, 0.6) is 0 Å². The van der Waals surface area contributed by atoms with E-state index < -0.39 is 17.7 Å². The summed E-state index contributed by atoms with van der Waals surface area (Å²) in [6.45, 7) is 1.21. The average molecular weight is 328 g/mol. The number of urea groups is 1. The summed E-state index contributed by atoms with van der Waals surface area (Å²) < 4.78 is 26.4. The van der Waals surface area contributed by atoms with Gasteiger partial charge in [-0.3, -0.25) is 0 Å². The van der Waals surface area contributed by atoms with E-state index in [4.69, 9.17) is 5.73 Å². The first kappa shape index (κ1) is 18.7. The molecule has 0 unspecified atom stereocenters. The van der Waals surface area contributed by atoms with Crippen molar-refractivity contribution in [1.82, 2.24) is 5.32 Å². The fraction of sp³-hybridized carbons (Fsp3) is 0.417. The van der Waals surface area contributed by atoms with Gasteiger partial charge in [0.25, 0.3) is 0 Å². The van der Waals surface area contributed by atoms with Crippen molar-refractivity contribution in [2.45, 2.75) is 18.9 Å². The largest absolute Gasteiger partial charge is 0.369 e. The number of benzene rings is 1. The van der Waals surface area contributed by atoms with Crippen molar-refractivity contribution in [3.8, 4) is 0 Å². The van der Waals surface area contributed by atoms with Gasteiger partial charge in [0.05, 0.1) is 5.69 Å². The summed E-state index contributed by atoms with van der Waals surface area (Å²) in [6.07, 6.45) is 1.39. The quantitative estimate of drug-likeness (QED) is 0.876. The maximum atomic E-state index is 13.6. The molecule has 0 atom stereocenters. The van der Waals surface area contributed by atoms with Gasteiger partial charge in [0.2, 0.25) is 0 Å². The number of halogens is 4. The zero-order valence-electron chi connectivity index (χ0n) is 10.6. The first-order valence-corrected chi connectivity index (χ1v) is 5.82. The van der Waals surface area contributed by atoms with Crippen molar-refractivity contribution in [3.63, 3.8) is 0 Å². The maximum absolute atomic E-state index is 13.6. The molecular weight excluding hydrogens is 311 g/mol. The van der Waals surface area contributed by atoms with E-state index in [-0.39, 0.29) is 30.9 Å². The van der Waals surface area contributed by atoms with E-state index in [2.05, 4.69) is 5.32 Å². The van der Waals surface area contributed by atoms with E-state index in [0.29, 0.717) is 31.6 Å². The molecule has 1 heterocycles. The van der Waals surface area contributed by atoms with Crippen molar-refractivity contribution in [1.29, 1.82) is 0 Å². The number of anilines is 1. The van der Waals surface area contributed by atoms with Crippen LogP contribution in [0, 0.1) is 11.6 Å². The van der Waals surface area contributed by atoms with E-state index in [1.807, 2.05) is 4.90 Å². The number of nitrogens with one attached hydrogen (secondary N) is 1. The highest BCUT2D eigenvalue weighted by Gasteiger charge is 2.21. The Hall–Kier alpha value is -1.27. The molecule has 8 heteroatoms. The van der Waals surface area contributed by atoms with Gasteiger partial charge < -0.3 is 16.0 Å². The summed E-state index contributed by atoms with van der Waals surface area (Å²) in [4.78, 5) is 12.5. The molecule has 4 nitrogen and oxygen atoms in total. The van der Waals surface area contributed by atoms with Gasteiger partial charge in [0.15, 0.2) is 0 Å². The number of carbonyl (C=O) groups excluding carboxylic acids is 1. The van der Waals surface area contributed by atoms with Gasteiger partial charge in [-0.05, 0) is 25.0 Å². The SMILES string of the molecule is Cl.Cl.NC(=O)NC1CCN(c2ccc(F)cc2F)CC1. The first-order chi connectivity index (χ1) is 8.56. The predicted molar refractivity (Wildman–Crippen MR) is 78.8 cm³/mol. The molecule has 0 spiro atoms. The van der Waals surface area contributed by atoms with Crippen LogP contribution in [0.2, 0.25) is 0 Å². The number of carbonyl (C=O) groups is 1. The molecular formula is C12H17Cl2F2N3O. The Labute approximate surface area is 128 Å². The topological polar surface area (TPSA) is 58.4 Å². The second kappa shape index (κ2) is 8.11. The van der Waals surface area contributed by atoms with Crippen molar-refractivity contribution >= 4 is 36.5 Å². The molecule has 1 aliphatic heterocycles. The van der Waals surface area contributed by atoms with Crippen LogP contribution in [-0.4, -0.2) is 25.2 Å². The first-order valence-electron chi connectivity index (χ1n) is 5.82. The predicted octanol–water partition coefficient (Wildman–Crippen LogP) is 2.45. The van der Waals surface area contributed by atoms with Gasteiger partial charge in [-0.2, -0.15) is 0 Å². The standard InChI is InChI=1S/C12H15F2N3O.2ClH/c13-8-1-2-11(10(14)7-8)17-5-3-9(4-6-17)16-12(15)18;;/h1-2,7,9H,3-6H2,(H3,15,16,18);2*1H. The number of amides is 2. The second-order valence-electron chi connectivity index (χ2n) is 4.37. The molecule has 1 aliphatic rings. The van der Waals surface area contributed by atoms with Gasteiger partial charge in [0.1, 0.15) is 11.6 Å². The number of nitrogens with two attached hydrogens (primary N) is 1. The van der Waals surface area contributed by atoms with Crippen LogP contribution < -0.4 is 16.0 Å². The second-order valence-corrected chi connectivity index (χ2v) is 4.37. The molecule has 3 N–H and O–H groups in total. The highest BCUT2D eigenvalue weighted by molar-refractivity contribution is 5.85. The maximum Gasteiger partial charge on any atom is 0.312 e. The number of hydrogen-bond acceptors (Lipinski definition) is 2. The third-order valence-corrected chi connectivity index (χ3v) is 3.09. The van der Waals surface area contributed by atoms with E-state index in [9.17, 15) is 13.6 Å². The number of nitrogens with zero attached hydrogens (tertiary/aromatic N) is 1. The van der Waals surface area contributed by atoms with E-state index in [1.54, 1.807) is 0 Å². The summed E-state index contributed by atoms with van der Waals surface area (Å²) in [5.41, 5.74) is 5.44. The lowest BCUT2D eigenvalue weighted by Gasteiger charge is -2.33. The highest BCUT2D eigenvalue weighted by atomic mass is 35.5. The summed E-state index contributed by atoms with van der Waals surface area (Å²) in [7, 11) is 0. The minimum Gasteiger partial charge on any atom is -0.369 e. The molecule has 2 rings (SSSR count). The van der Waals surface area contributed by atoms with Crippen molar-refractivity contribution < 1.29 is 13.6 Å². The number of primary amides is 1. The summed E-state index contributed by atoms with van der Waals surface area (Å²) >= 11 is 0. The minimum atomic E-state index is -0.582. The molecule has 1 fully saturated rings. The number of hydrogen-bond donors (Lipinski definition) is 2. The lowest BCUT2D eigenvalue weighted by atomic mass is 10.0. The van der Waals surface area contributed by atoms with Crippen LogP contribution in [0.3, 0.4) is 0 Å². The van der Waals surface area contributed by atoms with Crippen LogP contribution in [0.25, 0.3) is 0 Å². The van der Waals surface area contributed by atoms with E-state index in [0.717, 1.165) is 6.07 Å². The Morgan fingerprint density at radius 1 is 1.25 bits per heavy atom. The zero-order valence-corrected chi connectivity index (χ0v) is 12.3. The Balaban J connectivity index is 0.00000180. The Morgan fingerprint density at radius 3 is 2.35 bits per heavy atom. The Morgan fingerprint density at radius 2 is 1.85 bits per heavy atom. The van der Waals surface area contributed by atoms with Gasteiger partial charge >= 0.3 is 6.03 Å². The fourth-order valence-electron chi connectivity index (χ4n) is 2.20. The lowest BCUT2D eigenvalue weighted by Crippen LogP contribution is -2.46. The Bertz CT molecular complexity index is 454. The molecule has 114 valence electrons. The molecule has 0 aromatic heterocycles. The summed E-state index contributed by atoms with van der Waals surface area (Å²) in [5, 5.41) is 2.64. The van der Waals surface area contributed by atoms with Crippen molar-refractivity contribution in [2.24, 2.45) is 5.73 Å². The third kappa shape index (κ3) is 4.68. The molecule has 1 aromatic rings. The molecule has 0 saturated carbocycles. The van der Waals surface area contributed by atoms with Gasteiger partial charge in [-0.25, -0.2) is 13.6 Å². The van der Waals surface area contributed by atoms with Crippen LogP contribution in [0.15, 0.2) is 18.2 Å². The van der Waals surface area contributed by atoms with Gasteiger partial charge in [-0.15, -0.1) is 24.8 Å². The molecule has 20 heavy (non-hydrogen) atoms. The van der Waals surface area contributed by atoms with Crippen LogP contribution in [0.1, 0.15) is 12.8 Å². The average Bonchev–Trinajstić information content (AvgIpc) is 2.30. The van der Waals surface area contributed by atoms with E-state index >= 15 is 0 Å². The summed E-state index contributed by atoms with van der Waals surface area (Å²) in [6, 6.07) is 3.05. The lowest BCUT2D eigenvalue weighted by molar-refractivity contribution is 0.242. The molecule has 1 aromatic carbocycles. The van der Waals surface area contributed by atoms with Gasteiger partial charge in [0, 0.05) is 25.2 Å². The third-order valence-electron chi connectivity index (χ3n) is 3.09. The molecule has 0 aliphatic carbocycles. The van der Waals surface area contributed by atoms with Crippen LogP contribution in [-0.2, 0) is 0 Å². The minimum absolute atomic E-state index is 0. The van der Waals surface area contributed by atoms with Crippen molar-refractivity contribution in [3.05, 3.63) is 29.8 Å². The zero-order chi connectivity index (χ0) is 13.1. The summed E-state index contributed by atoms with van der Waals surface area (Å²) in [5.74, 6) is -1.14. The number of piperidine rings is 1. The van der Waals surface area contributed by atoms with Crippen LogP contribution >= 0.6 is 24.8 Å². The molecule has 0 bridgehead atoms. The van der Waals surface area contributed by atoms with Crippen LogP contribution in [0.4, 0.5) is 19.3 Å². The normalized spacial score (nSPS) is 15.0. The molecule has 1 saturated heterocycles. The molecule has 0 radical (unpaired) electrons. The molecule has 2 amide bonds.